The summed E-state index contributed by atoms with van der Waals surface area (Å²) in [5.41, 5.74) is 0.574. The van der Waals surface area contributed by atoms with Crippen molar-refractivity contribution >= 4 is 21.6 Å². The monoisotopic (exact) mass is 411 g/mol. The second-order valence-corrected chi connectivity index (χ2v) is 9.15. The predicted molar refractivity (Wildman–Crippen MR) is 112 cm³/mol. The molecule has 0 aliphatic carbocycles. The lowest BCUT2D eigenvalue weighted by molar-refractivity contribution is -0.121. The van der Waals surface area contributed by atoms with Crippen LogP contribution in [0.1, 0.15) is 38.5 Å². The first-order chi connectivity index (χ1) is 13.4. The number of amides is 1. The van der Waals surface area contributed by atoms with Gasteiger partial charge >= 0.3 is 0 Å². The zero-order valence-electron chi connectivity index (χ0n) is 17.0. The first kappa shape index (κ1) is 22.5. The van der Waals surface area contributed by atoms with Crippen molar-refractivity contribution in [3.63, 3.8) is 0 Å². The molecule has 28 heavy (non-hydrogen) atoms. The topological polar surface area (TPSA) is 79.0 Å². The van der Waals surface area contributed by atoms with Crippen LogP contribution in [0.2, 0.25) is 0 Å². The Labute approximate surface area is 169 Å². The van der Waals surface area contributed by atoms with E-state index in [1.54, 1.807) is 31.4 Å². The summed E-state index contributed by atoms with van der Waals surface area (Å²) in [6, 6.07) is 6.87. The molecule has 0 saturated carbocycles. The average molecular weight is 412 g/mol. The summed E-state index contributed by atoms with van der Waals surface area (Å²) in [5, 5.41) is 2.94. The van der Waals surface area contributed by atoms with Gasteiger partial charge in [0.15, 0.2) is 0 Å². The van der Waals surface area contributed by atoms with Crippen LogP contribution in [0.3, 0.4) is 0 Å². The van der Waals surface area contributed by atoms with Crippen LogP contribution in [0.25, 0.3) is 0 Å². The second kappa shape index (κ2) is 11.3. The van der Waals surface area contributed by atoms with Crippen LogP contribution in [0.15, 0.2) is 24.3 Å². The standard InChI is InChI=1S/C20H33N3O4S/c1-27-19-11-9-18(10-12-19)23(28(2,25)26)17-6-8-20(24)21-13-7-16-22-14-4-3-5-15-22/h9-12H,3-8,13-17H2,1-2H3,(H,21,24). The van der Waals surface area contributed by atoms with Crippen LogP contribution in [0.5, 0.6) is 5.75 Å². The normalized spacial score (nSPS) is 15.2. The van der Waals surface area contributed by atoms with Gasteiger partial charge in [-0.2, -0.15) is 0 Å². The van der Waals surface area contributed by atoms with Gasteiger partial charge in [0.05, 0.1) is 19.1 Å². The van der Waals surface area contributed by atoms with Gasteiger partial charge in [-0.1, -0.05) is 6.42 Å². The highest BCUT2D eigenvalue weighted by Gasteiger charge is 2.17. The van der Waals surface area contributed by atoms with Gasteiger partial charge in [-0.3, -0.25) is 9.10 Å². The Morgan fingerprint density at radius 3 is 2.43 bits per heavy atom. The Kier molecular flexibility index (Phi) is 9.05. The quantitative estimate of drug-likeness (QED) is 0.565. The van der Waals surface area contributed by atoms with Crippen molar-refractivity contribution in [2.45, 2.75) is 38.5 Å². The number of carbonyl (C=O) groups is 1. The summed E-state index contributed by atoms with van der Waals surface area (Å²) in [6.07, 6.45) is 6.79. The highest BCUT2D eigenvalue weighted by Crippen LogP contribution is 2.21. The molecule has 0 atom stereocenters. The van der Waals surface area contributed by atoms with Crippen molar-refractivity contribution in [2.75, 3.05) is 50.4 Å². The number of nitrogens with zero attached hydrogens (tertiary/aromatic N) is 2. The van der Waals surface area contributed by atoms with E-state index in [0.717, 1.165) is 13.0 Å². The summed E-state index contributed by atoms with van der Waals surface area (Å²) in [5.74, 6) is 0.642. The molecule has 1 amide bonds. The number of piperidine rings is 1. The smallest absolute Gasteiger partial charge is 0.232 e. The van der Waals surface area contributed by atoms with Crippen molar-refractivity contribution in [2.24, 2.45) is 0 Å². The fourth-order valence-corrected chi connectivity index (χ4v) is 4.39. The van der Waals surface area contributed by atoms with Crippen molar-refractivity contribution in [1.82, 2.24) is 10.2 Å². The summed E-state index contributed by atoms with van der Waals surface area (Å²) < 4.78 is 30.7. The highest BCUT2D eigenvalue weighted by atomic mass is 32.2. The third-order valence-electron chi connectivity index (χ3n) is 4.95. The third-order valence-corrected chi connectivity index (χ3v) is 6.14. The van der Waals surface area contributed by atoms with Crippen LogP contribution in [0, 0.1) is 0 Å². The molecular formula is C20H33N3O4S. The van der Waals surface area contributed by atoms with E-state index in [2.05, 4.69) is 10.2 Å². The van der Waals surface area contributed by atoms with E-state index in [-0.39, 0.29) is 12.5 Å². The number of likely N-dealkylation sites (tertiary alicyclic amines) is 1. The lowest BCUT2D eigenvalue weighted by Gasteiger charge is -2.26. The molecule has 0 bridgehead atoms. The molecule has 1 fully saturated rings. The number of benzene rings is 1. The minimum Gasteiger partial charge on any atom is -0.497 e. The molecule has 1 aromatic carbocycles. The van der Waals surface area contributed by atoms with Gasteiger partial charge in [0, 0.05) is 19.5 Å². The minimum absolute atomic E-state index is 0.0261. The molecule has 1 aromatic rings. The Morgan fingerprint density at radius 2 is 1.82 bits per heavy atom. The first-order valence-electron chi connectivity index (χ1n) is 10.0. The maximum Gasteiger partial charge on any atom is 0.232 e. The van der Waals surface area contributed by atoms with E-state index in [4.69, 9.17) is 4.74 Å². The molecule has 8 heteroatoms. The number of sulfonamides is 1. The Morgan fingerprint density at radius 1 is 1.14 bits per heavy atom. The summed E-state index contributed by atoms with van der Waals surface area (Å²) >= 11 is 0. The lowest BCUT2D eigenvalue weighted by atomic mass is 10.1. The van der Waals surface area contributed by atoms with Gasteiger partial charge in [0.25, 0.3) is 0 Å². The number of hydrogen-bond donors (Lipinski definition) is 1. The number of methoxy groups -OCH3 is 1. The Balaban J connectivity index is 1.71. The van der Waals surface area contributed by atoms with Crippen molar-refractivity contribution in [1.29, 1.82) is 0 Å². The van der Waals surface area contributed by atoms with Crippen LogP contribution in [-0.4, -0.2) is 65.3 Å². The van der Waals surface area contributed by atoms with Crippen molar-refractivity contribution < 1.29 is 17.9 Å². The maximum atomic E-state index is 12.1. The lowest BCUT2D eigenvalue weighted by Crippen LogP contribution is -2.34. The van der Waals surface area contributed by atoms with E-state index in [1.807, 2.05) is 0 Å². The molecular weight excluding hydrogens is 378 g/mol. The maximum absolute atomic E-state index is 12.1. The third kappa shape index (κ3) is 7.67. The first-order valence-corrected chi connectivity index (χ1v) is 11.9. The fourth-order valence-electron chi connectivity index (χ4n) is 3.42. The second-order valence-electron chi connectivity index (χ2n) is 7.24. The Hall–Kier alpha value is -1.80. The fraction of sp³-hybridized carbons (Fsp3) is 0.650. The van der Waals surface area contributed by atoms with Crippen molar-refractivity contribution in [3.05, 3.63) is 24.3 Å². The molecule has 0 aromatic heterocycles. The SMILES string of the molecule is COc1ccc(N(CCCC(=O)NCCCN2CCCCC2)S(C)(=O)=O)cc1. The Bertz CT molecular complexity index is 701. The zero-order valence-corrected chi connectivity index (χ0v) is 17.8. The van der Waals surface area contributed by atoms with Crippen molar-refractivity contribution in [3.8, 4) is 5.75 Å². The van der Waals surface area contributed by atoms with Crippen LogP contribution >= 0.6 is 0 Å². The average Bonchev–Trinajstić information content (AvgIpc) is 2.68. The number of carbonyl (C=O) groups excluding carboxylic acids is 1. The summed E-state index contributed by atoms with van der Waals surface area (Å²) in [7, 11) is -1.85. The van der Waals surface area contributed by atoms with Crippen LogP contribution < -0.4 is 14.4 Å². The van der Waals surface area contributed by atoms with Gasteiger partial charge in [-0.05, 0) is 69.6 Å². The predicted octanol–water partition coefficient (Wildman–Crippen LogP) is 2.23. The number of rotatable bonds is 11. The van der Waals surface area contributed by atoms with Gasteiger partial charge < -0.3 is 15.0 Å². The van der Waals surface area contributed by atoms with Gasteiger partial charge in [0.1, 0.15) is 5.75 Å². The van der Waals surface area contributed by atoms with E-state index in [0.29, 0.717) is 30.8 Å². The largest absolute Gasteiger partial charge is 0.497 e. The minimum atomic E-state index is -3.41. The molecule has 7 nitrogen and oxygen atoms in total. The molecule has 158 valence electrons. The summed E-state index contributed by atoms with van der Waals surface area (Å²) in [4.78, 5) is 14.5. The van der Waals surface area contributed by atoms with Crippen LogP contribution in [0.4, 0.5) is 5.69 Å². The van der Waals surface area contributed by atoms with E-state index in [1.165, 1.54) is 42.9 Å². The number of hydrogen-bond acceptors (Lipinski definition) is 5. The van der Waals surface area contributed by atoms with Gasteiger partial charge in [0.2, 0.25) is 15.9 Å². The molecule has 1 heterocycles. The van der Waals surface area contributed by atoms with Crippen LogP contribution in [-0.2, 0) is 14.8 Å². The van der Waals surface area contributed by atoms with E-state index >= 15 is 0 Å². The number of ether oxygens (including phenoxy) is 1. The molecule has 2 rings (SSSR count). The number of nitrogens with one attached hydrogen (secondary N) is 1. The van der Waals surface area contributed by atoms with E-state index in [9.17, 15) is 13.2 Å². The molecule has 0 spiro atoms. The molecule has 1 aliphatic heterocycles. The number of anilines is 1. The van der Waals surface area contributed by atoms with E-state index < -0.39 is 10.0 Å². The molecule has 0 radical (unpaired) electrons. The van der Waals surface area contributed by atoms with Gasteiger partial charge in [-0.15, -0.1) is 0 Å². The molecule has 1 N–H and O–H groups in total. The molecule has 1 saturated heterocycles. The van der Waals surface area contributed by atoms with Gasteiger partial charge in [-0.25, -0.2) is 8.42 Å². The molecule has 1 aliphatic rings. The summed E-state index contributed by atoms with van der Waals surface area (Å²) in [6.45, 7) is 4.30. The highest BCUT2D eigenvalue weighted by molar-refractivity contribution is 7.92. The molecule has 0 unspecified atom stereocenters. The zero-order chi connectivity index (χ0) is 20.4.